The molecule has 1 N–H and O–H groups in total. The third-order valence-electron chi connectivity index (χ3n) is 3.37. The molecule has 2 aromatic carbocycles. The van der Waals surface area contributed by atoms with Crippen LogP contribution in [0.15, 0.2) is 51.8 Å². The molecule has 23 heavy (non-hydrogen) atoms. The molecule has 5 nitrogen and oxygen atoms in total. The summed E-state index contributed by atoms with van der Waals surface area (Å²) in [6.45, 7) is 1.79. The van der Waals surface area contributed by atoms with Crippen LogP contribution in [-0.4, -0.2) is 22.6 Å². The Balaban J connectivity index is 2.26. The second kappa shape index (κ2) is 7.33. The van der Waals surface area contributed by atoms with E-state index in [1.165, 1.54) is 26.4 Å². The van der Waals surface area contributed by atoms with E-state index in [0.717, 1.165) is 10.0 Å². The van der Waals surface area contributed by atoms with Crippen molar-refractivity contribution in [1.29, 1.82) is 0 Å². The number of hydrogen-bond donors (Lipinski definition) is 1. The van der Waals surface area contributed by atoms with E-state index in [1.807, 2.05) is 24.3 Å². The van der Waals surface area contributed by atoms with Crippen LogP contribution in [0.3, 0.4) is 0 Å². The summed E-state index contributed by atoms with van der Waals surface area (Å²) >= 11 is 3.36. The number of nitrogens with one attached hydrogen (secondary N) is 1. The highest BCUT2D eigenvalue weighted by Crippen LogP contribution is 2.30. The lowest BCUT2D eigenvalue weighted by Gasteiger charge is -2.16. The molecule has 2 rings (SSSR count). The maximum Gasteiger partial charge on any atom is 0.241 e. The van der Waals surface area contributed by atoms with Gasteiger partial charge in [0.05, 0.1) is 19.1 Å². The smallest absolute Gasteiger partial charge is 0.241 e. The minimum absolute atomic E-state index is 0.124. The fourth-order valence-corrected chi connectivity index (χ4v) is 3.62. The van der Waals surface area contributed by atoms with Gasteiger partial charge in [0.2, 0.25) is 10.0 Å². The monoisotopic (exact) mass is 399 g/mol. The van der Waals surface area contributed by atoms with Gasteiger partial charge in [0.25, 0.3) is 0 Å². The summed E-state index contributed by atoms with van der Waals surface area (Å²) in [6.07, 6.45) is 0. The number of halogens is 1. The molecule has 0 spiro atoms. The molecule has 0 aromatic heterocycles. The molecule has 0 radical (unpaired) electrons. The number of sulfonamides is 1. The zero-order valence-corrected chi connectivity index (χ0v) is 15.4. The van der Waals surface area contributed by atoms with Crippen LogP contribution in [0, 0.1) is 0 Å². The largest absolute Gasteiger partial charge is 0.493 e. The van der Waals surface area contributed by atoms with Crippen molar-refractivity contribution in [3.05, 3.63) is 52.5 Å². The topological polar surface area (TPSA) is 64.6 Å². The average Bonchev–Trinajstić information content (AvgIpc) is 2.54. The molecular weight excluding hydrogens is 382 g/mol. The van der Waals surface area contributed by atoms with Gasteiger partial charge in [0.15, 0.2) is 11.5 Å². The lowest BCUT2D eigenvalue weighted by molar-refractivity contribution is 0.354. The van der Waals surface area contributed by atoms with Gasteiger partial charge in [-0.1, -0.05) is 28.1 Å². The van der Waals surface area contributed by atoms with E-state index in [2.05, 4.69) is 20.7 Å². The maximum absolute atomic E-state index is 12.5. The average molecular weight is 400 g/mol. The quantitative estimate of drug-likeness (QED) is 0.806. The first-order valence-corrected chi connectivity index (χ1v) is 9.15. The van der Waals surface area contributed by atoms with Crippen molar-refractivity contribution in [3.63, 3.8) is 0 Å². The Morgan fingerprint density at radius 2 is 1.61 bits per heavy atom. The van der Waals surface area contributed by atoms with Gasteiger partial charge in [-0.05, 0) is 36.8 Å². The number of benzene rings is 2. The Bertz CT molecular complexity index is 775. The summed E-state index contributed by atoms with van der Waals surface area (Å²) in [6, 6.07) is 11.6. The number of rotatable bonds is 6. The first kappa shape index (κ1) is 17.8. The van der Waals surface area contributed by atoms with Crippen molar-refractivity contribution < 1.29 is 17.9 Å². The van der Waals surface area contributed by atoms with Gasteiger partial charge < -0.3 is 9.47 Å². The van der Waals surface area contributed by atoms with Crippen molar-refractivity contribution in [3.8, 4) is 11.5 Å². The fraction of sp³-hybridized carbons (Fsp3) is 0.250. The fourth-order valence-electron chi connectivity index (χ4n) is 2.10. The van der Waals surface area contributed by atoms with Gasteiger partial charge in [0.1, 0.15) is 0 Å². The van der Waals surface area contributed by atoms with Crippen LogP contribution in [0.5, 0.6) is 11.5 Å². The Labute approximate surface area is 144 Å². The molecule has 0 bridgehead atoms. The van der Waals surface area contributed by atoms with Crippen LogP contribution < -0.4 is 14.2 Å². The SMILES string of the molecule is COc1ccc(S(=O)(=O)N[C@H](C)c2ccc(Br)cc2)cc1OC. The van der Waals surface area contributed by atoms with Gasteiger partial charge in [-0.15, -0.1) is 0 Å². The van der Waals surface area contributed by atoms with E-state index >= 15 is 0 Å². The van der Waals surface area contributed by atoms with Gasteiger partial charge in [-0.3, -0.25) is 0 Å². The summed E-state index contributed by atoms with van der Waals surface area (Å²) in [5.74, 6) is 0.846. The minimum atomic E-state index is -3.67. The van der Waals surface area contributed by atoms with Crippen LogP contribution in [-0.2, 0) is 10.0 Å². The Hall–Kier alpha value is -1.57. The lowest BCUT2D eigenvalue weighted by Crippen LogP contribution is -2.26. The highest BCUT2D eigenvalue weighted by Gasteiger charge is 2.20. The second-order valence-corrected chi connectivity index (χ2v) is 7.54. The summed E-state index contributed by atoms with van der Waals surface area (Å²) in [5, 5.41) is 0. The number of methoxy groups -OCH3 is 2. The summed E-state index contributed by atoms with van der Waals surface area (Å²) in [7, 11) is -0.708. The standard InChI is InChI=1S/C16H18BrNO4S/c1-11(12-4-6-13(17)7-5-12)18-23(19,20)14-8-9-15(21-2)16(10-14)22-3/h4-11,18H,1-3H3/t11-/m1/s1. The second-order valence-electron chi connectivity index (χ2n) is 4.91. The Morgan fingerprint density at radius 3 is 2.17 bits per heavy atom. The predicted octanol–water partition coefficient (Wildman–Crippen LogP) is 3.51. The molecule has 124 valence electrons. The Morgan fingerprint density at radius 1 is 1.00 bits per heavy atom. The highest BCUT2D eigenvalue weighted by molar-refractivity contribution is 9.10. The van der Waals surface area contributed by atoms with Crippen molar-refractivity contribution in [2.24, 2.45) is 0 Å². The van der Waals surface area contributed by atoms with E-state index in [0.29, 0.717) is 11.5 Å². The summed E-state index contributed by atoms with van der Waals surface area (Å²) in [5.41, 5.74) is 0.872. The zero-order chi connectivity index (χ0) is 17.0. The molecule has 0 aliphatic rings. The van der Waals surface area contributed by atoms with Gasteiger partial charge >= 0.3 is 0 Å². The minimum Gasteiger partial charge on any atom is -0.493 e. The highest BCUT2D eigenvalue weighted by atomic mass is 79.9. The molecule has 7 heteroatoms. The van der Waals surface area contributed by atoms with Crippen LogP contribution in [0.4, 0.5) is 0 Å². The van der Waals surface area contributed by atoms with Crippen LogP contribution >= 0.6 is 15.9 Å². The number of ether oxygens (including phenoxy) is 2. The molecule has 0 saturated heterocycles. The van der Waals surface area contributed by atoms with Crippen LogP contribution in [0.1, 0.15) is 18.5 Å². The van der Waals surface area contributed by atoms with E-state index in [-0.39, 0.29) is 10.9 Å². The molecule has 0 fully saturated rings. The van der Waals surface area contributed by atoms with E-state index in [1.54, 1.807) is 13.0 Å². The molecule has 0 amide bonds. The van der Waals surface area contributed by atoms with Gasteiger partial charge in [0, 0.05) is 16.6 Å². The van der Waals surface area contributed by atoms with Crippen molar-refractivity contribution in [2.45, 2.75) is 17.9 Å². The van der Waals surface area contributed by atoms with E-state index in [4.69, 9.17) is 9.47 Å². The lowest BCUT2D eigenvalue weighted by atomic mass is 10.1. The molecule has 0 saturated carbocycles. The predicted molar refractivity (Wildman–Crippen MR) is 92.4 cm³/mol. The molecular formula is C16H18BrNO4S. The normalized spacial score (nSPS) is 12.7. The van der Waals surface area contributed by atoms with Gasteiger partial charge in [-0.25, -0.2) is 13.1 Å². The molecule has 2 aromatic rings. The first-order chi connectivity index (χ1) is 10.9. The number of hydrogen-bond acceptors (Lipinski definition) is 4. The van der Waals surface area contributed by atoms with Crippen LogP contribution in [0.25, 0.3) is 0 Å². The van der Waals surface area contributed by atoms with Crippen molar-refractivity contribution >= 4 is 26.0 Å². The molecule has 0 unspecified atom stereocenters. The van der Waals surface area contributed by atoms with Crippen molar-refractivity contribution in [1.82, 2.24) is 4.72 Å². The summed E-state index contributed by atoms with van der Waals surface area (Å²) in [4.78, 5) is 0.124. The van der Waals surface area contributed by atoms with Crippen molar-refractivity contribution in [2.75, 3.05) is 14.2 Å². The zero-order valence-electron chi connectivity index (χ0n) is 13.0. The molecule has 0 aliphatic carbocycles. The van der Waals surface area contributed by atoms with E-state index in [9.17, 15) is 8.42 Å². The molecule has 0 heterocycles. The third-order valence-corrected chi connectivity index (χ3v) is 5.43. The van der Waals surface area contributed by atoms with Gasteiger partial charge in [-0.2, -0.15) is 0 Å². The molecule has 0 aliphatic heterocycles. The maximum atomic E-state index is 12.5. The summed E-state index contributed by atoms with van der Waals surface area (Å²) < 4.78 is 38.9. The first-order valence-electron chi connectivity index (χ1n) is 6.87. The van der Waals surface area contributed by atoms with Crippen LogP contribution in [0.2, 0.25) is 0 Å². The molecule has 1 atom stereocenters. The Kier molecular flexibility index (Phi) is 5.67. The van der Waals surface area contributed by atoms with E-state index < -0.39 is 10.0 Å². The third kappa shape index (κ3) is 4.25.